The van der Waals surface area contributed by atoms with Crippen molar-refractivity contribution in [3.8, 4) is 0 Å². The summed E-state index contributed by atoms with van der Waals surface area (Å²) >= 11 is 7.33. The Bertz CT molecular complexity index is 891. The van der Waals surface area contributed by atoms with Gasteiger partial charge in [0.25, 0.3) is 11.8 Å². The van der Waals surface area contributed by atoms with Crippen molar-refractivity contribution >= 4 is 46.2 Å². The minimum Gasteiger partial charge on any atom is -0.382 e. The number of oxime groups is 1. The number of nitrogens with one attached hydrogen (secondary N) is 2. The van der Waals surface area contributed by atoms with Crippen molar-refractivity contribution in [1.29, 1.82) is 0 Å². The molecule has 2 aliphatic rings. The van der Waals surface area contributed by atoms with Gasteiger partial charge in [0.1, 0.15) is 5.71 Å². The number of halogens is 1. The Labute approximate surface area is 159 Å². The zero-order valence-electron chi connectivity index (χ0n) is 13.7. The zero-order chi connectivity index (χ0) is 18.1. The fourth-order valence-electron chi connectivity index (χ4n) is 2.59. The van der Waals surface area contributed by atoms with Crippen molar-refractivity contribution in [2.24, 2.45) is 5.16 Å². The number of nitrogens with zero attached hydrogens (tertiary/aromatic N) is 1. The van der Waals surface area contributed by atoms with Crippen LogP contribution in [0.15, 0.2) is 41.6 Å². The van der Waals surface area contributed by atoms with E-state index in [1.54, 1.807) is 30.3 Å². The lowest BCUT2D eigenvalue weighted by molar-refractivity contribution is -0.125. The minimum absolute atomic E-state index is 0.124. The second-order valence-electron chi connectivity index (χ2n) is 6.26. The third kappa shape index (κ3) is 3.89. The Morgan fingerprint density at radius 2 is 2.08 bits per heavy atom. The molecule has 2 amide bonds. The molecule has 8 heteroatoms. The molecule has 1 aromatic heterocycles. The van der Waals surface area contributed by atoms with Gasteiger partial charge in [0.05, 0.1) is 9.21 Å². The van der Waals surface area contributed by atoms with Crippen LogP contribution in [0.25, 0.3) is 0 Å². The third-order valence-corrected chi connectivity index (χ3v) is 5.40. The first-order valence-corrected chi connectivity index (χ1v) is 9.48. The first-order chi connectivity index (χ1) is 12.6. The van der Waals surface area contributed by atoms with E-state index in [1.165, 1.54) is 11.3 Å². The highest BCUT2D eigenvalue weighted by Gasteiger charge is 2.30. The van der Waals surface area contributed by atoms with Gasteiger partial charge in [-0.2, -0.15) is 0 Å². The van der Waals surface area contributed by atoms with E-state index in [1.807, 2.05) is 6.07 Å². The van der Waals surface area contributed by atoms with E-state index in [4.69, 9.17) is 16.4 Å². The molecule has 1 atom stereocenters. The molecule has 1 fully saturated rings. The number of carbonyl (C=O) groups excluding carboxylic acids is 2. The standard InChI is InChI=1S/C18H16ClN3O3S/c19-16-7-6-15(26-16)13-9-14(25-22-13)18(24)21-12-3-1-2-10(8-12)17(23)20-11-4-5-11/h1-3,6-8,11,14H,4-5,9H2,(H,20,23)(H,21,24). The summed E-state index contributed by atoms with van der Waals surface area (Å²) in [6, 6.07) is 10.8. The SMILES string of the molecule is O=C(NC1CC1)c1cccc(NC(=O)C2CC(c3ccc(Cl)s3)=NO2)c1. The van der Waals surface area contributed by atoms with Crippen LogP contribution in [0.1, 0.15) is 34.5 Å². The van der Waals surface area contributed by atoms with Crippen LogP contribution >= 0.6 is 22.9 Å². The molecule has 134 valence electrons. The number of amides is 2. The van der Waals surface area contributed by atoms with Crippen LogP contribution in [0.5, 0.6) is 0 Å². The van der Waals surface area contributed by atoms with Crippen molar-refractivity contribution in [3.63, 3.8) is 0 Å². The Morgan fingerprint density at radius 3 is 2.81 bits per heavy atom. The van der Waals surface area contributed by atoms with Crippen LogP contribution in [0, 0.1) is 0 Å². The van der Waals surface area contributed by atoms with E-state index in [2.05, 4.69) is 15.8 Å². The average molecular weight is 390 g/mol. The van der Waals surface area contributed by atoms with Crippen molar-refractivity contribution in [3.05, 3.63) is 51.2 Å². The maximum Gasteiger partial charge on any atom is 0.268 e. The van der Waals surface area contributed by atoms with Gasteiger partial charge in [-0.05, 0) is 43.2 Å². The number of benzene rings is 1. The van der Waals surface area contributed by atoms with Crippen LogP contribution < -0.4 is 10.6 Å². The molecule has 2 aromatic rings. The summed E-state index contributed by atoms with van der Waals surface area (Å²) in [6.45, 7) is 0. The molecule has 2 N–H and O–H groups in total. The van der Waals surface area contributed by atoms with Gasteiger partial charge in [-0.25, -0.2) is 0 Å². The molecule has 1 aliphatic heterocycles. The van der Waals surface area contributed by atoms with Gasteiger partial charge >= 0.3 is 0 Å². The van der Waals surface area contributed by atoms with Crippen molar-refractivity contribution in [1.82, 2.24) is 5.32 Å². The number of anilines is 1. The Hall–Kier alpha value is -2.38. The molecule has 2 heterocycles. The topological polar surface area (TPSA) is 79.8 Å². The van der Waals surface area contributed by atoms with E-state index >= 15 is 0 Å². The van der Waals surface area contributed by atoms with Gasteiger partial charge in [0.15, 0.2) is 0 Å². The lowest BCUT2D eigenvalue weighted by Gasteiger charge is -2.10. The summed E-state index contributed by atoms with van der Waals surface area (Å²) in [5, 5.41) is 9.71. The summed E-state index contributed by atoms with van der Waals surface area (Å²) in [6.07, 6.45) is 1.73. The predicted molar refractivity (Wildman–Crippen MR) is 101 cm³/mol. The Balaban J connectivity index is 1.37. The maximum absolute atomic E-state index is 12.4. The van der Waals surface area contributed by atoms with E-state index in [9.17, 15) is 9.59 Å². The predicted octanol–water partition coefficient (Wildman–Crippen LogP) is 3.43. The van der Waals surface area contributed by atoms with Crippen LogP contribution in [0.3, 0.4) is 0 Å². The molecule has 1 unspecified atom stereocenters. The maximum atomic E-state index is 12.4. The van der Waals surface area contributed by atoms with Gasteiger partial charge < -0.3 is 15.5 Å². The number of rotatable bonds is 5. The summed E-state index contributed by atoms with van der Waals surface area (Å²) in [5.74, 6) is -0.424. The third-order valence-electron chi connectivity index (χ3n) is 4.12. The van der Waals surface area contributed by atoms with Crippen LogP contribution in [0.2, 0.25) is 4.34 Å². The van der Waals surface area contributed by atoms with Crippen molar-refractivity contribution in [2.45, 2.75) is 31.4 Å². The van der Waals surface area contributed by atoms with Gasteiger partial charge in [0, 0.05) is 23.7 Å². The molecule has 1 saturated carbocycles. The number of hydrogen-bond acceptors (Lipinski definition) is 5. The summed E-state index contributed by atoms with van der Waals surface area (Å²) in [4.78, 5) is 30.7. The van der Waals surface area contributed by atoms with Gasteiger partial charge in [-0.3, -0.25) is 9.59 Å². The zero-order valence-corrected chi connectivity index (χ0v) is 15.3. The fourth-order valence-corrected chi connectivity index (χ4v) is 3.62. The highest BCUT2D eigenvalue weighted by molar-refractivity contribution is 7.18. The van der Waals surface area contributed by atoms with E-state index in [0.717, 1.165) is 17.7 Å². The largest absolute Gasteiger partial charge is 0.382 e. The second kappa shape index (κ2) is 7.09. The molecule has 0 bridgehead atoms. The molecule has 26 heavy (non-hydrogen) atoms. The van der Waals surface area contributed by atoms with E-state index < -0.39 is 6.10 Å². The number of hydrogen-bond donors (Lipinski definition) is 2. The average Bonchev–Trinajstić information content (AvgIpc) is 3.12. The van der Waals surface area contributed by atoms with Gasteiger partial charge in [-0.15, -0.1) is 11.3 Å². The molecule has 0 saturated heterocycles. The Kier molecular flexibility index (Phi) is 4.65. The summed E-state index contributed by atoms with van der Waals surface area (Å²) in [7, 11) is 0. The molecule has 1 aromatic carbocycles. The summed E-state index contributed by atoms with van der Waals surface area (Å²) < 4.78 is 0.664. The van der Waals surface area contributed by atoms with Crippen molar-refractivity contribution < 1.29 is 14.4 Å². The smallest absolute Gasteiger partial charge is 0.268 e. The summed E-state index contributed by atoms with van der Waals surface area (Å²) in [5.41, 5.74) is 1.78. The van der Waals surface area contributed by atoms with Crippen LogP contribution in [-0.4, -0.2) is 29.7 Å². The van der Waals surface area contributed by atoms with Crippen LogP contribution in [-0.2, 0) is 9.63 Å². The van der Waals surface area contributed by atoms with Crippen LogP contribution in [0.4, 0.5) is 5.69 Å². The van der Waals surface area contributed by atoms with Crippen molar-refractivity contribution in [2.75, 3.05) is 5.32 Å². The normalized spacial score (nSPS) is 18.8. The molecular weight excluding hydrogens is 374 g/mol. The quantitative estimate of drug-likeness (QED) is 0.822. The second-order valence-corrected chi connectivity index (χ2v) is 7.97. The van der Waals surface area contributed by atoms with E-state index in [0.29, 0.717) is 27.7 Å². The number of carbonyl (C=O) groups is 2. The molecule has 0 radical (unpaired) electrons. The lowest BCUT2D eigenvalue weighted by Crippen LogP contribution is -2.28. The molecule has 6 nitrogen and oxygen atoms in total. The fraction of sp³-hybridized carbons (Fsp3) is 0.278. The minimum atomic E-state index is -0.699. The van der Waals surface area contributed by atoms with Gasteiger partial charge in [-0.1, -0.05) is 22.8 Å². The van der Waals surface area contributed by atoms with E-state index in [-0.39, 0.29) is 17.9 Å². The monoisotopic (exact) mass is 389 g/mol. The highest BCUT2D eigenvalue weighted by Crippen LogP contribution is 2.27. The lowest BCUT2D eigenvalue weighted by atomic mass is 10.1. The van der Waals surface area contributed by atoms with Gasteiger partial charge in [0.2, 0.25) is 6.10 Å². The first kappa shape index (κ1) is 17.1. The molecule has 1 aliphatic carbocycles. The molecule has 0 spiro atoms. The number of thiophene rings is 1. The molecule has 4 rings (SSSR count). The molecular formula is C18H16ClN3O3S. The highest BCUT2D eigenvalue weighted by atomic mass is 35.5. The first-order valence-electron chi connectivity index (χ1n) is 8.29. The Morgan fingerprint density at radius 1 is 1.23 bits per heavy atom.